The van der Waals surface area contributed by atoms with E-state index >= 15 is 0 Å². The van der Waals surface area contributed by atoms with Gasteiger partial charge in [0, 0.05) is 19.0 Å². The molecule has 1 rings (SSSR count). The second-order valence-electron chi connectivity index (χ2n) is 3.50. The molecule has 0 N–H and O–H groups in total. The summed E-state index contributed by atoms with van der Waals surface area (Å²) in [6.45, 7) is 8.37. The number of hydrogen-bond acceptors (Lipinski definition) is 2. The van der Waals surface area contributed by atoms with Crippen LogP contribution < -0.4 is 0 Å². The molecule has 1 saturated heterocycles. The Morgan fingerprint density at radius 2 is 2.50 bits per heavy atom. The van der Waals surface area contributed by atoms with E-state index in [0.717, 1.165) is 32.5 Å². The third-order valence-electron chi connectivity index (χ3n) is 2.47. The first kappa shape index (κ1) is 9.46. The number of Topliss-reactive ketones (excluding diaryl/α,β-unsaturated/α-hetero) is 1. The van der Waals surface area contributed by atoms with Crippen LogP contribution in [0.15, 0.2) is 12.7 Å². The Morgan fingerprint density at radius 3 is 3.08 bits per heavy atom. The van der Waals surface area contributed by atoms with Gasteiger partial charge in [0.15, 0.2) is 0 Å². The first-order valence-electron chi connectivity index (χ1n) is 4.57. The SMILES string of the molecule is C=CCN1CCCC(C(C)=O)C1. The molecule has 1 fully saturated rings. The number of ketones is 1. The molecule has 12 heavy (non-hydrogen) atoms. The lowest BCUT2D eigenvalue weighted by molar-refractivity contribution is -0.122. The number of likely N-dealkylation sites (tertiary alicyclic amines) is 1. The Kier molecular flexibility index (Phi) is 3.48. The van der Waals surface area contributed by atoms with E-state index in [1.165, 1.54) is 0 Å². The Morgan fingerprint density at radius 1 is 1.75 bits per heavy atom. The van der Waals surface area contributed by atoms with Crippen molar-refractivity contribution in [2.75, 3.05) is 19.6 Å². The molecule has 68 valence electrons. The van der Waals surface area contributed by atoms with Crippen molar-refractivity contribution in [3.8, 4) is 0 Å². The number of rotatable bonds is 3. The van der Waals surface area contributed by atoms with Crippen molar-refractivity contribution in [1.29, 1.82) is 0 Å². The summed E-state index contributed by atoms with van der Waals surface area (Å²) in [6.07, 6.45) is 4.13. The predicted molar refractivity (Wildman–Crippen MR) is 50.0 cm³/mol. The lowest BCUT2D eigenvalue weighted by Crippen LogP contribution is -2.37. The summed E-state index contributed by atoms with van der Waals surface area (Å²) >= 11 is 0. The molecule has 1 unspecified atom stereocenters. The van der Waals surface area contributed by atoms with Gasteiger partial charge in [0.2, 0.25) is 0 Å². The van der Waals surface area contributed by atoms with E-state index in [4.69, 9.17) is 0 Å². The smallest absolute Gasteiger partial charge is 0.134 e. The normalized spacial score (nSPS) is 25.2. The van der Waals surface area contributed by atoms with Gasteiger partial charge in [0.1, 0.15) is 5.78 Å². The molecule has 2 nitrogen and oxygen atoms in total. The van der Waals surface area contributed by atoms with Crippen molar-refractivity contribution in [3.05, 3.63) is 12.7 Å². The second kappa shape index (κ2) is 4.41. The van der Waals surface area contributed by atoms with Crippen LogP contribution in [0, 0.1) is 5.92 Å². The van der Waals surface area contributed by atoms with E-state index < -0.39 is 0 Å². The van der Waals surface area contributed by atoms with Gasteiger partial charge in [-0.25, -0.2) is 0 Å². The zero-order valence-corrected chi connectivity index (χ0v) is 7.75. The zero-order valence-electron chi connectivity index (χ0n) is 7.75. The molecular formula is C10H17NO. The topological polar surface area (TPSA) is 20.3 Å². The van der Waals surface area contributed by atoms with Crippen molar-refractivity contribution in [3.63, 3.8) is 0 Å². The monoisotopic (exact) mass is 167 g/mol. The van der Waals surface area contributed by atoms with Crippen LogP contribution in [0.2, 0.25) is 0 Å². The van der Waals surface area contributed by atoms with E-state index in [-0.39, 0.29) is 5.92 Å². The minimum atomic E-state index is 0.277. The summed E-state index contributed by atoms with van der Waals surface area (Å²) < 4.78 is 0. The largest absolute Gasteiger partial charge is 0.300 e. The summed E-state index contributed by atoms with van der Waals surface area (Å²) in [5.41, 5.74) is 0. The molecule has 0 amide bonds. The van der Waals surface area contributed by atoms with Gasteiger partial charge in [0.05, 0.1) is 0 Å². The van der Waals surface area contributed by atoms with Crippen molar-refractivity contribution < 1.29 is 4.79 Å². The van der Waals surface area contributed by atoms with E-state index in [9.17, 15) is 4.79 Å². The van der Waals surface area contributed by atoms with Gasteiger partial charge >= 0.3 is 0 Å². The maximum atomic E-state index is 11.1. The number of piperidine rings is 1. The maximum Gasteiger partial charge on any atom is 0.134 e. The number of carbonyl (C=O) groups is 1. The highest BCUT2D eigenvalue weighted by Crippen LogP contribution is 2.16. The summed E-state index contributed by atoms with van der Waals surface area (Å²) in [4.78, 5) is 13.4. The lowest BCUT2D eigenvalue weighted by atomic mass is 9.95. The molecule has 1 heterocycles. The zero-order chi connectivity index (χ0) is 8.97. The van der Waals surface area contributed by atoms with Gasteiger partial charge in [-0.15, -0.1) is 6.58 Å². The Labute approximate surface area is 74.2 Å². The second-order valence-corrected chi connectivity index (χ2v) is 3.50. The van der Waals surface area contributed by atoms with Crippen LogP contribution >= 0.6 is 0 Å². The molecule has 0 aliphatic carbocycles. The van der Waals surface area contributed by atoms with E-state index in [0.29, 0.717) is 5.78 Å². The minimum Gasteiger partial charge on any atom is -0.300 e. The molecule has 1 aliphatic rings. The van der Waals surface area contributed by atoms with E-state index in [1.54, 1.807) is 6.92 Å². The summed E-state index contributed by atoms with van der Waals surface area (Å²) in [5.74, 6) is 0.613. The highest BCUT2D eigenvalue weighted by Gasteiger charge is 2.21. The fourth-order valence-electron chi connectivity index (χ4n) is 1.74. The molecule has 1 atom stereocenters. The molecule has 0 radical (unpaired) electrons. The maximum absolute atomic E-state index is 11.1. The van der Waals surface area contributed by atoms with Gasteiger partial charge in [-0.1, -0.05) is 6.08 Å². The minimum absolute atomic E-state index is 0.277. The third kappa shape index (κ3) is 2.45. The van der Waals surface area contributed by atoms with Crippen molar-refractivity contribution in [2.45, 2.75) is 19.8 Å². The molecular weight excluding hydrogens is 150 g/mol. The first-order valence-corrected chi connectivity index (χ1v) is 4.57. The molecule has 0 saturated carbocycles. The van der Waals surface area contributed by atoms with Crippen LogP contribution in [0.25, 0.3) is 0 Å². The predicted octanol–water partition coefficient (Wildman–Crippen LogP) is 1.47. The quantitative estimate of drug-likeness (QED) is 0.593. The summed E-state index contributed by atoms with van der Waals surface area (Å²) in [6, 6.07) is 0. The average molecular weight is 167 g/mol. The molecule has 0 bridgehead atoms. The molecule has 0 aromatic heterocycles. The van der Waals surface area contributed by atoms with E-state index in [1.807, 2.05) is 6.08 Å². The van der Waals surface area contributed by atoms with Gasteiger partial charge in [0.25, 0.3) is 0 Å². The van der Waals surface area contributed by atoms with Crippen LogP contribution in [-0.2, 0) is 4.79 Å². The average Bonchev–Trinajstić information content (AvgIpc) is 2.05. The van der Waals surface area contributed by atoms with Crippen LogP contribution in [0.4, 0.5) is 0 Å². The van der Waals surface area contributed by atoms with Crippen molar-refractivity contribution in [1.82, 2.24) is 4.90 Å². The van der Waals surface area contributed by atoms with Crippen LogP contribution in [0.5, 0.6) is 0 Å². The molecule has 0 aromatic rings. The Bertz CT molecular complexity index is 177. The lowest BCUT2D eigenvalue weighted by Gasteiger charge is -2.30. The van der Waals surface area contributed by atoms with Crippen LogP contribution in [0.3, 0.4) is 0 Å². The Hall–Kier alpha value is -0.630. The van der Waals surface area contributed by atoms with E-state index in [2.05, 4.69) is 11.5 Å². The number of carbonyl (C=O) groups excluding carboxylic acids is 1. The standard InChI is InChI=1S/C10H17NO/c1-3-6-11-7-4-5-10(8-11)9(2)12/h3,10H,1,4-8H2,2H3. The van der Waals surface area contributed by atoms with Gasteiger partial charge in [-0.05, 0) is 26.3 Å². The molecule has 0 aromatic carbocycles. The molecule has 2 heteroatoms. The molecule has 0 spiro atoms. The third-order valence-corrected chi connectivity index (χ3v) is 2.47. The van der Waals surface area contributed by atoms with Gasteiger partial charge in [-0.3, -0.25) is 9.69 Å². The first-order chi connectivity index (χ1) is 5.74. The van der Waals surface area contributed by atoms with Gasteiger partial charge < -0.3 is 0 Å². The highest BCUT2D eigenvalue weighted by atomic mass is 16.1. The number of nitrogens with zero attached hydrogens (tertiary/aromatic N) is 1. The fourth-order valence-corrected chi connectivity index (χ4v) is 1.74. The van der Waals surface area contributed by atoms with Crippen molar-refractivity contribution in [2.24, 2.45) is 5.92 Å². The summed E-state index contributed by atoms with van der Waals surface area (Å²) in [7, 11) is 0. The highest BCUT2D eigenvalue weighted by molar-refractivity contribution is 5.78. The Balaban J connectivity index is 2.39. The number of hydrogen-bond donors (Lipinski definition) is 0. The van der Waals surface area contributed by atoms with Crippen LogP contribution in [-0.4, -0.2) is 30.3 Å². The summed E-state index contributed by atoms with van der Waals surface area (Å²) in [5, 5.41) is 0. The van der Waals surface area contributed by atoms with Gasteiger partial charge in [-0.2, -0.15) is 0 Å². The van der Waals surface area contributed by atoms with Crippen LogP contribution in [0.1, 0.15) is 19.8 Å². The fraction of sp³-hybridized carbons (Fsp3) is 0.700. The molecule has 1 aliphatic heterocycles. The van der Waals surface area contributed by atoms with Crippen molar-refractivity contribution >= 4 is 5.78 Å².